The molecular weight excluding hydrogens is 318 g/mol. The zero-order valence-electron chi connectivity index (χ0n) is 13.3. The number of rotatable bonds is 4. The Balaban J connectivity index is 1.83. The minimum atomic E-state index is -0.211. The van der Waals surface area contributed by atoms with Gasteiger partial charge in [-0.3, -0.25) is 14.8 Å². The Bertz CT molecular complexity index is 1060. The van der Waals surface area contributed by atoms with Gasteiger partial charge in [0.2, 0.25) is 0 Å². The molecule has 4 aromatic heterocycles. The van der Waals surface area contributed by atoms with E-state index in [1.807, 2.05) is 18.2 Å². The van der Waals surface area contributed by atoms with Gasteiger partial charge in [-0.2, -0.15) is 5.10 Å². The standard InChI is InChI=1S/C18H13N5O2/c1-25-14-7-13(9-20-10-14)17(24)15-11-22-23-16(4-6-21-18(15)23)12-3-2-5-19-8-12/h2-11H,1H3. The van der Waals surface area contributed by atoms with Crippen molar-refractivity contribution in [3.63, 3.8) is 0 Å². The highest BCUT2D eigenvalue weighted by Crippen LogP contribution is 2.22. The van der Waals surface area contributed by atoms with Crippen LogP contribution in [0.15, 0.2) is 61.4 Å². The molecule has 0 atom stereocenters. The molecule has 0 aliphatic heterocycles. The van der Waals surface area contributed by atoms with E-state index < -0.39 is 0 Å². The smallest absolute Gasteiger partial charge is 0.200 e. The number of pyridine rings is 2. The van der Waals surface area contributed by atoms with Gasteiger partial charge in [-0.1, -0.05) is 0 Å². The monoisotopic (exact) mass is 331 g/mol. The number of methoxy groups -OCH3 is 1. The molecule has 0 saturated heterocycles. The quantitative estimate of drug-likeness (QED) is 0.534. The lowest BCUT2D eigenvalue weighted by Gasteiger charge is -2.05. The number of hydrogen-bond donors (Lipinski definition) is 0. The van der Waals surface area contributed by atoms with Gasteiger partial charge in [0.1, 0.15) is 5.75 Å². The summed E-state index contributed by atoms with van der Waals surface area (Å²) in [5.74, 6) is 0.309. The Hall–Kier alpha value is -3.61. The van der Waals surface area contributed by atoms with Gasteiger partial charge in [-0.05, 0) is 24.3 Å². The first-order valence-electron chi connectivity index (χ1n) is 7.55. The Morgan fingerprint density at radius 2 is 2.00 bits per heavy atom. The molecule has 4 heterocycles. The molecule has 0 unspecified atom stereocenters. The van der Waals surface area contributed by atoms with Crippen LogP contribution in [0.4, 0.5) is 0 Å². The van der Waals surface area contributed by atoms with Crippen molar-refractivity contribution in [3.05, 3.63) is 72.6 Å². The molecule has 0 N–H and O–H groups in total. The van der Waals surface area contributed by atoms with E-state index in [2.05, 4.69) is 20.1 Å². The van der Waals surface area contributed by atoms with E-state index in [-0.39, 0.29) is 5.78 Å². The molecule has 0 spiro atoms. The van der Waals surface area contributed by atoms with Crippen molar-refractivity contribution in [2.24, 2.45) is 0 Å². The highest BCUT2D eigenvalue weighted by atomic mass is 16.5. The predicted molar refractivity (Wildman–Crippen MR) is 90.4 cm³/mol. The molecule has 0 saturated carbocycles. The lowest BCUT2D eigenvalue weighted by molar-refractivity contribution is 0.103. The number of ketones is 1. The first-order chi connectivity index (χ1) is 12.3. The van der Waals surface area contributed by atoms with Gasteiger partial charge in [-0.25, -0.2) is 9.50 Å². The van der Waals surface area contributed by atoms with Crippen LogP contribution in [0, 0.1) is 0 Å². The van der Waals surface area contributed by atoms with Crippen molar-refractivity contribution in [2.45, 2.75) is 0 Å². The fraction of sp³-hybridized carbons (Fsp3) is 0.0556. The van der Waals surface area contributed by atoms with Crippen molar-refractivity contribution < 1.29 is 9.53 Å². The van der Waals surface area contributed by atoms with Gasteiger partial charge in [0.15, 0.2) is 11.4 Å². The minimum absolute atomic E-state index is 0.211. The summed E-state index contributed by atoms with van der Waals surface area (Å²) in [5, 5.41) is 4.34. The van der Waals surface area contributed by atoms with E-state index in [1.54, 1.807) is 35.4 Å². The number of ether oxygens (including phenoxy) is 1. The third kappa shape index (κ3) is 2.61. The Morgan fingerprint density at radius 1 is 1.08 bits per heavy atom. The van der Waals surface area contributed by atoms with Gasteiger partial charge in [0, 0.05) is 35.9 Å². The van der Waals surface area contributed by atoms with Crippen LogP contribution in [0.5, 0.6) is 5.75 Å². The summed E-state index contributed by atoms with van der Waals surface area (Å²) in [6.07, 6.45) is 9.66. The normalized spacial score (nSPS) is 10.8. The van der Waals surface area contributed by atoms with E-state index >= 15 is 0 Å². The highest BCUT2D eigenvalue weighted by Gasteiger charge is 2.18. The van der Waals surface area contributed by atoms with Crippen LogP contribution < -0.4 is 4.74 Å². The lowest BCUT2D eigenvalue weighted by atomic mass is 10.1. The molecule has 0 aromatic carbocycles. The number of carbonyl (C=O) groups is 1. The predicted octanol–water partition coefficient (Wildman–Crippen LogP) is 2.43. The average Bonchev–Trinajstić information content (AvgIpc) is 3.12. The average molecular weight is 331 g/mol. The molecule has 25 heavy (non-hydrogen) atoms. The van der Waals surface area contributed by atoms with Crippen LogP contribution in [0.3, 0.4) is 0 Å². The van der Waals surface area contributed by atoms with Crippen molar-refractivity contribution in [1.82, 2.24) is 24.6 Å². The molecule has 7 heteroatoms. The topological polar surface area (TPSA) is 82.3 Å². The van der Waals surface area contributed by atoms with Crippen molar-refractivity contribution in [3.8, 4) is 17.0 Å². The molecule has 0 bridgehead atoms. The fourth-order valence-corrected chi connectivity index (χ4v) is 2.59. The van der Waals surface area contributed by atoms with E-state index in [4.69, 9.17) is 4.74 Å². The first kappa shape index (κ1) is 14.9. The SMILES string of the molecule is COc1cncc(C(=O)c2cnn3c(-c4cccnc4)ccnc23)c1. The molecule has 122 valence electrons. The second kappa shape index (κ2) is 6.12. The summed E-state index contributed by atoms with van der Waals surface area (Å²) in [5.41, 5.74) is 3.00. The minimum Gasteiger partial charge on any atom is -0.495 e. The van der Waals surface area contributed by atoms with Crippen LogP contribution in [0.2, 0.25) is 0 Å². The Kier molecular flexibility index (Phi) is 3.66. The number of fused-ring (bicyclic) bond motifs is 1. The third-order valence-electron chi connectivity index (χ3n) is 3.81. The largest absolute Gasteiger partial charge is 0.495 e. The molecule has 7 nitrogen and oxygen atoms in total. The van der Waals surface area contributed by atoms with Crippen LogP contribution in [0.1, 0.15) is 15.9 Å². The van der Waals surface area contributed by atoms with Gasteiger partial charge in [-0.15, -0.1) is 0 Å². The summed E-state index contributed by atoms with van der Waals surface area (Å²) in [4.78, 5) is 25.3. The molecular formula is C18H13N5O2. The molecule has 0 aliphatic rings. The van der Waals surface area contributed by atoms with E-state index in [1.165, 1.54) is 19.5 Å². The number of carbonyl (C=O) groups excluding carboxylic acids is 1. The van der Waals surface area contributed by atoms with E-state index in [9.17, 15) is 4.79 Å². The zero-order chi connectivity index (χ0) is 17.2. The molecule has 4 aromatic rings. The van der Waals surface area contributed by atoms with Gasteiger partial charge in [0.05, 0.1) is 30.8 Å². The number of nitrogens with zero attached hydrogens (tertiary/aromatic N) is 5. The van der Waals surface area contributed by atoms with Gasteiger partial charge < -0.3 is 4.74 Å². The Morgan fingerprint density at radius 3 is 2.80 bits per heavy atom. The van der Waals surface area contributed by atoms with Crippen molar-refractivity contribution in [2.75, 3.05) is 7.11 Å². The van der Waals surface area contributed by atoms with Gasteiger partial charge >= 0.3 is 0 Å². The van der Waals surface area contributed by atoms with Crippen molar-refractivity contribution >= 4 is 11.4 Å². The maximum atomic E-state index is 12.8. The molecule has 4 rings (SSSR count). The number of hydrogen-bond acceptors (Lipinski definition) is 6. The van der Waals surface area contributed by atoms with Crippen LogP contribution in [-0.2, 0) is 0 Å². The van der Waals surface area contributed by atoms with Crippen LogP contribution in [0.25, 0.3) is 16.9 Å². The second-order valence-corrected chi connectivity index (χ2v) is 5.31. The molecule has 0 fully saturated rings. The lowest BCUT2D eigenvalue weighted by Crippen LogP contribution is -2.03. The van der Waals surface area contributed by atoms with Crippen LogP contribution >= 0.6 is 0 Å². The summed E-state index contributed by atoms with van der Waals surface area (Å²) in [6, 6.07) is 7.25. The maximum Gasteiger partial charge on any atom is 0.200 e. The Labute approximate surface area is 143 Å². The zero-order valence-corrected chi connectivity index (χ0v) is 13.3. The molecule has 0 radical (unpaired) electrons. The summed E-state index contributed by atoms with van der Waals surface area (Å²) >= 11 is 0. The van der Waals surface area contributed by atoms with Gasteiger partial charge in [0.25, 0.3) is 0 Å². The molecule has 0 amide bonds. The summed E-state index contributed by atoms with van der Waals surface area (Å²) in [6.45, 7) is 0. The van der Waals surface area contributed by atoms with Crippen molar-refractivity contribution in [1.29, 1.82) is 0 Å². The fourth-order valence-electron chi connectivity index (χ4n) is 2.59. The van der Waals surface area contributed by atoms with Crippen LogP contribution in [-0.4, -0.2) is 37.5 Å². The summed E-state index contributed by atoms with van der Waals surface area (Å²) in [7, 11) is 1.53. The van der Waals surface area contributed by atoms with E-state index in [0.717, 1.165) is 11.3 Å². The second-order valence-electron chi connectivity index (χ2n) is 5.31. The maximum absolute atomic E-state index is 12.8. The first-order valence-corrected chi connectivity index (χ1v) is 7.55. The third-order valence-corrected chi connectivity index (χ3v) is 3.81. The molecule has 0 aliphatic carbocycles. The number of aromatic nitrogens is 5. The highest BCUT2D eigenvalue weighted by molar-refractivity contribution is 6.12. The summed E-state index contributed by atoms with van der Waals surface area (Å²) < 4.78 is 6.77. The van der Waals surface area contributed by atoms with E-state index in [0.29, 0.717) is 22.5 Å².